The topological polar surface area (TPSA) is 142 Å². The van der Waals surface area contributed by atoms with Crippen molar-refractivity contribution in [1.82, 2.24) is 24.5 Å². The summed E-state index contributed by atoms with van der Waals surface area (Å²) < 4.78 is 22.8. The van der Waals surface area contributed by atoms with Crippen LogP contribution in [0.15, 0.2) is 30.3 Å². The van der Waals surface area contributed by atoms with Crippen LogP contribution in [0.4, 0.5) is 4.79 Å². The molecule has 1 saturated heterocycles. The van der Waals surface area contributed by atoms with Crippen LogP contribution in [0.1, 0.15) is 100.0 Å². The van der Waals surface area contributed by atoms with E-state index in [9.17, 15) is 24.3 Å². The van der Waals surface area contributed by atoms with Crippen LogP contribution in [0.5, 0.6) is 0 Å². The number of carbonyl (C=O) groups is 4. The van der Waals surface area contributed by atoms with Crippen molar-refractivity contribution in [3.05, 3.63) is 35.9 Å². The Bertz CT molecular complexity index is 1340. The number of aliphatic hydroxyl groups excluding tert-OH is 1. The minimum Gasteiger partial charge on any atom is -0.459 e. The Morgan fingerprint density at radius 1 is 0.632 bits per heavy atom. The molecule has 324 valence electrons. The molecule has 2 aliphatic rings. The molecule has 1 aromatic rings. The molecule has 1 aromatic carbocycles. The SMILES string of the molecule is CC(C)(C)OC(=O)CN1CCN(CC(=O)OC(C)(C)C)CCN(CC(O)CN(C(=O)OCc2ccccc2)C2CCCCC2)CCN(CC(=O)OC(C)(C)C)CC1. The fourth-order valence-corrected chi connectivity index (χ4v) is 7.06. The Morgan fingerprint density at radius 2 is 1.02 bits per heavy atom. The molecule has 3 rings (SSSR count). The third-order valence-corrected chi connectivity index (χ3v) is 9.58. The van der Waals surface area contributed by atoms with Gasteiger partial charge in [0, 0.05) is 64.9 Å². The largest absolute Gasteiger partial charge is 0.459 e. The van der Waals surface area contributed by atoms with Gasteiger partial charge in [0.05, 0.1) is 32.3 Å². The van der Waals surface area contributed by atoms with E-state index in [2.05, 4.69) is 4.90 Å². The van der Waals surface area contributed by atoms with Crippen molar-refractivity contribution in [2.75, 3.05) is 85.1 Å². The molecular weight excluding hydrogens is 730 g/mol. The number of nitrogens with zero attached hydrogens (tertiary/aromatic N) is 5. The van der Waals surface area contributed by atoms with E-state index in [-0.39, 0.29) is 63.3 Å². The van der Waals surface area contributed by atoms with Gasteiger partial charge in [0.1, 0.15) is 23.4 Å². The molecule has 57 heavy (non-hydrogen) atoms. The highest BCUT2D eigenvalue weighted by Crippen LogP contribution is 2.24. The van der Waals surface area contributed by atoms with Crippen LogP contribution in [0.2, 0.25) is 0 Å². The number of hydrogen-bond donors (Lipinski definition) is 1. The number of aliphatic hydroxyl groups is 1. The van der Waals surface area contributed by atoms with Crippen LogP contribution >= 0.6 is 0 Å². The molecule has 14 heteroatoms. The highest BCUT2D eigenvalue weighted by atomic mass is 16.6. The smallest absolute Gasteiger partial charge is 0.410 e. The van der Waals surface area contributed by atoms with Crippen LogP contribution in [0.3, 0.4) is 0 Å². The number of amides is 1. The highest BCUT2D eigenvalue weighted by molar-refractivity contribution is 5.73. The second kappa shape index (κ2) is 22.7. The van der Waals surface area contributed by atoms with E-state index in [1.54, 1.807) is 4.90 Å². The predicted molar refractivity (Wildman–Crippen MR) is 220 cm³/mol. The van der Waals surface area contributed by atoms with Crippen LogP contribution in [-0.4, -0.2) is 168 Å². The predicted octanol–water partition coefficient (Wildman–Crippen LogP) is 4.57. The molecule has 1 amide bonds. The fraction of sp³-hybridized carbons (Fsp3) is 0.767. The Morgan fingerprint density at radius 3 is 1.40 bits per heavy atom. The van der Waals surface area contributed by atoms with Crippen molar-refractivity contribution < 1.29 is 43.2 Å². The first-order valence-electron chi connectivity index (χ1n) is 20.8. The summed E-state index contributed by atoms with van der Waals surface area (Å²) in [4.78, 5) is 62.7. The number of carbonyl (C=O) groups excluding carboxylic acids is 4. The lowest BCUT2D eigenvalue weighted by Crippen LogP contribution is -2.52. The molecule has 1 heterocycles. The molecular formula is C43H73N5O9. The van der Waals surface area contributed by atoms with E-state index in [1.807, 2.05) is 107 Å². The summed E-state index contributed by atoms with van der Waals surface area (Å²) in [6, 6.07) is 9.56. The number of esters is 3. The lowest BCUT2D eigenvalue weighted by molar-refractivity contribution is -0.158. The molecule has 0 spiro atoms. The average molecular weight is 804 g/mol. The van der Waals surface area contributed by atoms with Crippen molar-refractivity contribution >= 4 is 24.0 Å². The first-order chi connectivity index (χ1) is 26.6. The molecule has 1 atom stereocenters. The van der Waals surface area contributed by atoms with E-state index in [1.165, 1.54) is 0 Å². The van der Waals surface area contributed by atoms with Crippen LogP contribution in [0.25, 0.3) is 0 Å². The molecule has 1 N–H and O–H groups in total. The third-order valence-electron chi connectivity index (χ3n) is 9.58. The van der Waals surface area contributed by atoms with Gasteiger partial charge in [0.2, 0.25) is 0 Å². The van der Waals surface area contributed by atoms with Crippen LogP contribution in [-0.2, 0) is 39.9 Å². The maximum absolute atomic E-state index is 13.6. The van der Waals surface area contributed by atoms with Gasteiger partial charge in [-0.25, -0.2) is 4.79 Å². The first-order valence-corrected chi connectivity index (χ1v) is 20.8. The van der Waals surface area contributed by atoms with Gasteiger partial charge in [-0.1, -0.05) is 49.6 Å². The van der Waals surface area contributed by atoms with E-state index in [0.717, 1.165) is 37.7 Å². The van der Waals surface area contributed by atoms with Gasteiger partial charge in [-0.15, -0.1) is 0 Å². The van der Waals surface area contributed by atoms with Crippen LogP contribution in [0, 0.1) is 0 Å². The van der Waals surface area contributed by atoms with Crippen molar-refractivity contribution in [1.29, 1.82) is 0 Å². The Kier molecular flexibility index (Phi) is 19.2. The van der Waals surface area contributed by atoms with Gasteiger partial charge < -0.3 is 29.0 Å². The zero-order chi connectivity index (χ0) is 42.2. The molecule has 14 nitrogen and oxygen atoms in total. The molecule has 0 bridgehead atoms. The molecule has 1 unspecified atom stereocenters. The van der Waals surface area contributed by atoms with E-state index >= 15 is 0 Å². The second-order valence-corrected chi connectivity index (χ2v) is 18.5. The summed E-state index contributed by atoms with van der Waals surface area (Å²) in [6.07, 6.45) is 3.57. The number of rotatable bonds is 13. The summed E-state index contributed by atoms with van der Waals surface area (Å²) >= 11 is 0. The standard InChI is InChI=1S/C43H73N5O9/c1-41(2,3)55-37(50)30-45-22-20-44(28-36(49)29-48(35-18-14-11-15-19-35)40(53)54-33-34-16-12-10-13-17-34)21-23-46(31-38(51)56-42(4,5)6)25-27-47(26-24-45)32-39(52)57-43(7,8)9/h10,12-13,16-17,35-36,49H,11,14-15,18-33H2,1-9H3. The lowest BCUT2D eigenvalue weighted by Gasteiger charge is -2.37. The van der Waals surface area contributed by atoms with E-state index < -0.39 is 29.0 Å². The number of ether oxygens (including phenoxy) is 4. The number of β-amino-alcohol motifs (C(OH)–C–C–N with tert-alkyl or cyclic N) is 1. The van der Waals surface area contributed by atoms with E-state index in [0.29, 0.717) is 52.4 Å². The van der Waals surface area contributed by atoms with Crippen molar-refractivity contribution in [3.8, 4) is 0 Å². The molecule has 1 aliphatic carbocycles. The summed E-state index contributed by atoms with van der Waals surface area (Å²) in [5.41, 5.74) is -1.04. The lowest BCUT2D eigenvalue weighted by atomic mass is 9.94. The number of benzene rings is 1. The maximum Gasteiger partial charge on any atom is 0.410 e. The van der Waals surface area contributed by atoms with Crippen molar-refractivity contribution in [2.24, 2.45) is 0 Å². The second-order valence-electron chi connectivity index (χ2n) is 18.5. The third kappa shape index (κ3) is 20.8. The summed E-state index contributed by atoms with van der Waals surface area (Å²) in [6.45, 7) is 21.0. The Hall–Kier alpha value is -3.30. The normalized spacial score (nSPS) is 18.8. The monoisotopic (exact) mass is 804 g/mol. The Balaban J connectivity index is 1.83. The summed E-state index contributed by atoms with van der Waals surface area (Å²) in [5, 5.41) is 11.7. The van der Waals surface area contributed by atoms with Gasteiger partial charge >= 0.3 is 24.0 Å². The molecule has 2 fully saturated rings. The van der Waals surface area contributed by atoms with Gasteiger partial charge in [-0.3, -0.25) is 34.0 Å². The van der Waals surface area contributed by atoms with Crippen molar-refractivity contribution in [3.63, 3.8) is 0 Å². The number of hydrogen-bond acceptors (Lipinski definition) is 13. The molecule has 1 aliphatic heterocycles. The quantitative estimate of drug-likeness (QED) is 0.220. The van der Waals surface area contributed by atoms with Gasteiger partial charge in [-0.2, -0.15) is 0 Å². The highest BCUT2D eigenvalue weighted by Gasteiger charge is 2.31. The minimum atomic E-state index is -0.882. The first kappa shape index (κ1) is 48.1. The van der Waals surface area contributed by atoms with E-state index in [4.69, 9.17) is 18.9 Å². The summed E-state index contributed by atoms with van der Waals surface area (Å²) in [7, 11) is 0. The Labute approximate surface area is 342 Å². The average Bonchev–Trinajstić information content (AvgIpc) is 3.09. The fourth-order valence-electron chi connectivity index (χ4n) is 7.06. The van der Waals surface area contributed by atoms with Crippen molar-refractivity contribution in [2.45, 2.75) is 130 Å². The van der Waals surface area contributed by atoms with Gasteiger partial charge in [0.15, 0.2) is 0 Å². The van der Waals surface area contributed by atoms with Gasteiger partial charge in [0.25, 0.3) is 0 Å². The van der Waals surface area contributed by atoms with Gasteiger partial charge in [-0.05, 0) is 80.7 Å². The minimum absolute atomic E-state index is 0.0137. The maximum atomic E-state index is 13.6. The molecule has 0 aromatic heterocycles. The zero-order valence-electron chi connectivity index (χ0n) is 36.4. The van der Waals surface area contributed by atoms with Crippen LogP contribution < -0.4 is 0 Å². The molecule has 0 radical (unpaired) electrons. The molecule has 1 saturated carbocycles. The zero-order valence-corrected chi connectivity index (χ0v) is 36.4. The summed E-state index contributed by atoms with van der Waals surface area (Å²) in [5.74, 6) is -1.04.